The molecule has 11 heavy (non-hydrogen) atoms. The Morgan fingerprint density at radius 3 is 3.45 bits per heavy atom. The Morgan fingerprint density at radius 2 is 2.55 bits per heavy atom. The summed E-state index contributed by atoms with van der Waals surface area (Å²) in [5, 5.41) is 0.531. The average molecular weight is 168 g/mol. The van der Waals surface area contributed by atoms with Crippen LogP contribution in [0.5, 0.6) is 0 Å². The molecule has 2 heterocycles. The maximum atomic E-state index is 3.22. The fraction of sp³-hybridized carbons (Fsp3) is 0.500. The van der Waals surface area contributed by atoms with Gasteiger partial charge in [0.25, 0.3) is 0 Å². The highest BCUT2D eigenvalue weighted by molar-refractivity contribution is 8.00. The molecule has 0 aromatic carbocycles. The molecular formula is C8H12N2S. The third-order valence-electron chi connectivity index (χ3n) is 1.94. The zero-order valence-electron chi connectivity index (χ0n) is 6.50. The Hall–Kier alpha value is -0.410. The van der Waals surface area contributed by atoms with E-state index in [1.54, 1.807) is 0 Å². The Morgan fingerprint density at radius 1 is 1.64 bits per heavy atom. The van der Waals surface area contributed by atoms with Crippen molar-refractivity contribution >= 4 is 11.8 Å². The minimum Gasteiger partial charge on any atom is -0.328 e. The lowest BCUT2D eigenvalue weighted by Gasteiger charge is -2.30. The van der Waals surface area contributed by atoms with Gasteiger partial charge in [0, 0.05) is 17.9 Å². The molecule has 2 N–H and O–H groups in total. The van der Waals surface area contributed by atoms with Crippen molar-refractivity contribution in [2.24, 2.45) is 5.92 Å². The van der Waals surface area contributed by atoms with E-state index in [-0.39, 0.29) is 0 Å². The summed E-state index contributed by atoms with van der Waals surface area (Å²) in [7, 11) is 0. The number of fused-ring (bicyclic) bond motifs is 1. The highest BCUT2D eigenvalue weighted by Crippen LogP contribution is 2.29. The Bertz CT molecular complexity index is 210. The van der Waals surface area contributed by atoms with Crippen LogP contribution < -0.4 is 10.9 Å². The number of hydrogen-bond acceptors (Lipinski definition) is 3. The van der Waals surface area contributed by atoms with Crippen LogP contribution in [0.4, 0.5) is 0 Å². The molecule has 2 atom stereocenters. The van der Waals surface area contributed by atoms with Gasteiger partial charge in [-0.15, -0.1) is 11.8 Å². The first kappa shape index (κ1) is 7.25. The number of hydrogen-bond donors (Lipinski definition) is 2. The van der Waals surface area contributed by atoms with E-state index in [1.165, 1.54) is 5.57 Å². The summed E-state index contributed by atoms with van der Waals surface area (Å²) in [6, 6.07) is 0. The first-order valence-electron chi connectivity index (χ1n) is 3.83. The minimum absolute atomic E-state index is 0.531. The molecule has 0 amide bonds. The lowest BCUT2D eigenvalue weighted by atomic mass is 10.1. The van der Waals surface area contributed by atoms with E-state index in [0.29, 0.717) is 11.3 Å². The van der Waals surface area contributed by atoms with Crippen LogP contribution >= 0.6 is 11.8 Å². The Balaban J connectivity index is 2.18. The van der Waals surface area contributed by atoms with Gasteiger partial charge in [-0.2, -0.15) is 0 Å². The second kappa shape index (κ2) is 2.91. The van der Waals surface area contributed by atoms with Gasteiger partial charge >= 0.3 is 0 Å². The molecular weight excluding hydrogens is 156 g/mol. The van der Waals surface area contributed by atoms with Crippen LogP contribution in [0.2, 0.25) is 0 Å². The predicted molar refractivity (Wildman–Crippen MR) is 48.9 cm³/mol. The van der Waals surface area contributed by atoms with E-state index in [1.807, 2.05) is 18.0 Å². The molecule has 0 spiro atoms. The molecule has 60 valence electrons. The zero-order chi connectivity index (χ0) is 7.68. The number of thioether (sulfide) groups is 1. The van der Waals surface area contributed by atoms with Gasteiger partial charge in [0.1, 0.15) is 0 Å². The van der Waals surface area contributed by atoms with Gasteiger partial charge in [-0.25, -0.2) is 5.43 Å². The normalized spacial score (nSPS) is 35.5. The quantitative estimate of drug-likeness (QED) is 0.532. The highest BCUT2D eigenvalue weighted by Gasteiger charge is 2.23. The van der Waals surface area contributed by atoms with Gasteiger partial charge in [0.05, 0.1) is 5.37 Å². The first-order valence-corrected chi connectivity index (χ1v) is 4.88. The summed E-state index contributed by atoms with van der Waals surface area (Å²) in [5.41, 5.74) is 7.73. The maximum absolute atomic E-state index is 3.22. The lowest BCUT2D eigenvalue weighted by molar-refractivity contribution is 0.508. The maximum Gasteiger partial charge on any atom is 0.0813 e. The van der Waals surface area contributed by atoms with Crippen LogP contribution in [-0.4, -0.2) is 11.1 Å². The lowest BCUT2D eigenvalue weighted by Crippen LogP contribution is -2.44. The molecule has 1 unspecified atom stereocenters. The third-order valence-corrected chi connectivity index (χ3v) is 3.36. The van der Waals surface area contributed by atoms with Crippen LogP contribution in [0.25, 0.3) is 0 Å². The molecule has 0 fully saturated rings. The monoisotopic (exact) mass is 168 g/mol. The zero-order valence-corrected chi connectivity index (χ0v) is 7.32. The molecule has 2 rings (SSSR count). The molecule has 0 radical (unpaired) electrons. The number of rotatable bonds is 0. The van der Waals surface area contributed by atoms with E-state index in [2.05, 4.69) is 29.9 Å². The van der Waals surface area contributed by atoms with Gasteiger partial charge in [0.2, 0.25) is 0 Å². The van der Waals surface area contributed by atoms with Crippen molar-refractivity contribution < 1.29 is 0 Å². The van der Waals surface area contributed by atoms with E-state index in [0.717, 1.165) is 5.75 Å². The second-order valence-corrected chi connectivity index (χ2v) is 4.10. The fourth-order valence-electron chi connectivity index (χ4n) is 1.38. The minimum atomic E-state index is 0.531. The summed E-state index contributed by atoms with van der Waals surface area (Å²) in [4.78, 5) is 0. The molecule has 0 aromatic rings. The average Bonchev–Trinajstić information content (AvgIpc) is 2.04. The molecule has 2 nitrogen and oxygen atoms in total. The van der Waals surface area contributed by atoms with Crippen molar-refractivity contribution in [1.29, 1.82) is 0 Å². The van der Waals surface area contributed by atoms with Crippen molar-refractivity contribution in [3.8, 4) is 0 Å². The largest absolute Gasteiger partial charge is 0.328 e. The fourth-order valence-corrected chi connectivity index (χ4v) is 2.46. The second-order valence-electron chi connectivity index (χ2n) is 2.97. The molecule has 0 saturated carbocycles. The van der Waals surface area contributed by atoms with Crippen LogP contribution in [0.1, 0.15) is 6.92 Å². The van der Waals surface area contributed by atoms with E-state index in [4.69, 9.17) is 0 Å². The SMILES string of the molecule is CC1=CC2C=CNN[C@H]2SC1. The van der Waals surface area contributed by atoms with Gasteiger partial charge in [0.15, 0.2) is 0 Å². The van der Waals surface area contributed by atoms with Crippen LogP contribution in [-0.2, 0) is 0 Å². The predicted octanol–water partition coefficient (Wildman–Crippen LogP) is 1.24. The number of hydrazine groups is 1. The summed E-state index contributed by atoms with van der Waals surface area (Å²) in [6.45, 7) is 2.19. The van der Waals surface area contributed by atoms with Crippen molar-refractivity contribution in [1.82, 2.24) is 10.9 Å². The van der Waals surface area contributed by atoms with Gasteiger partial charge in [-0.1, -0.05) is 17.7 Å². The molecule has 2 aliphatic rings. The smallest absolute Gasteiger partial charge is 0.0813 e. The van der Waals surface area contributed by atoms with E-state index in [9.17, 15) is 0 Å². The van der Waals surface area contributed by atoms with Crippen molar-refractivity contribution in [3.05, 3.63) is 23.9 Å². The number of nitrogens with one attached hydrogen (secondary N) is 2. The molecule has 2 aliphatic heterocycles. The molecule has 0 aliphatic carbocycles. The van der Waals surface area contributed by atoms with Gasteiger partial charge in [-0.05, 0) is 6.92 Å². The van der Waals surface area contributed by atoms with E-state index >= 15 is 0 Å². The third kappa shape index (κ3) is 1.44. The Kier molecular flexibility index (Phi) is 1.92. The highest BCUT2D eigenvalue weighted by atomic mass is 32.2. The van der Waals surface area contributed by atoms with Gasteiger partial charge < -0.3 is 5.43 Å². The summed E-state index contributed by atoms with van der Waals surface area (Å²) in [5.74, 6) is 1.74. The standard InChI is InChI=1S/C8H12N2S/c1-6-4-7-2-3-9-10-8(7)11-5-6/h2-4,7-10H,5H2,1H3/t7?,8-/m0/s1. The molecule has 0 bridgehead atoms. The van der Waals surface area contributed by atoms with Crippen molar-refractivity contribution in [2.75, 3.05) is 5.75 Å². The van der Waals surface area contributed by atoms with Crippen molar-refractivity contribution in [3.63, 3.8) is 0 Å². The van der Waals surface area contributed by atoms with Crippen LogP contribution in [0, 0.1) is 5.92 Å². The van der Waals surface area contributed by atoms with Crippen molar-refractivity contribution in [2.45, 2.75) is 12.3 Å². The van der Waals surface area contributed by atoms with E-state index < -0.39 is 0 Å². The first-order chi connectivity index (χ1) is 5.36. The molecule has 0 aromatic heterocycles. The summed E-state index contributed by atoms with van der Waals surface area (Å²) < 4.78 is 0. The van der Waals surface area contributed by atoms with Gasteiger partial charge in [-0.3, -0.25) is 0 Å². The topological polar surface area (TPSA) is 24.1 Å². The Labute approximate surface area is 71.1 Å². The van der Waals surface area contributed by atoms with Crippen LogP contribution in [0.3, 0.4) is 0 Å². The van der Waals surface area contributed by atoms with Crippen LogP contribution in [0.15, 0.2) is 23.9 Å². The summed E-state index contributed by atoms with van der Waals surface area (Å²) in [6.07, 6.45) is 6.51. The molecule has 0 saturated heterocycles. The summed E-state index contributed by atoms with van der Waals surface area (Å²) >= 11 is 1.96. The molecule has 3 heteroatoms.